The number of amides is 2. The van der Waals surface area contributed by atoms with Gasteiger partial charge in [0.2, 0.25) is 27.6 Å². The predicted octanol–water partition coefficient (Wildman–Crippen LogP) is 3.44. The number of rotatable bonds is 8. The third-order valence-electron chi connectivity index (χ3n) is 9.67. The molecule has 2 aromatic carbocycles. The summed E-state index contributed by atoms with van der Waals surface area (Å²) in [4.78, 5) is 40.6. The number of ether oxygens (including phenoxy) is 3. The zero-order valence-electron chi connectivity index (χ0n) is 30.0. The SMILES string of the molecule is COc1cc2nc3c(cc2c(OC)c1OC)CN(C(=O)Cn1ccnc1)CCCCN(S(=O)(=O)Cc1ccccc1)CC(=O)NCC1CCCN3C1. The lowest BCUT2D eigenvalue weighted by Gasteiger charge is -2.36. The normalized spacial score (nSPS) is 18.1. The van der Waals surface area contributed by atoms with Crippen molar-refractivity contribution in [3.8, 4) is 17.2 Å². The maximum atomic E-state index is 14.0. The third kappa shape index (κ3) is 8.59. The first-order chi connectivity index (χ1) is 25.2. The maximum Gasteiger partial charge on any atom is 0.242 e. The number of carbonyl (C=O) groups excluding carboxylic acids is 2. The molecule has 14 nitrogen and oxygen atoms in total. The largest absolute Gasteiger partial charge is 0.493 e. The highest BCUT2D eigenvalue weighted by Gasteiger charge is 2.29. The Balaban J connectivity index is 1.38. The van der Waals surface area contributed by atoms with Crippen molar-refractivity contribution < 1.29 is 32.2 Å². The topological polar surface area (TPSA) is 148 Å². The summed E-state index contributed by atoms with van der Waals surface area (Å²) in [5.74, 6) is 1.61. The molecule has 1 saturated heterocycles. The Morgan fingerprint density at radius 2 is 1.75 bits per heavy atom. The fourth-order valence-electron chi connectivity index (χ4n) is 7.03. The summed E-state index contributed by atoms with van der Waals surface area (Å²) in [5.41, 5.74) is 2.15. The molecule has 1 fully saturated rings. The lowest BCUT2D eigenvalue weighted by molar-refractivity contribution is -0.132. The number of aromatic nitrogens is 3. The lowest BCUT2D eigenvalue weighted by Crippen LogP contribution is -2.46. The van der Waals surface area contributed by atoms with Crippen LogP contribution in [0.2, 0.25) is 0 Å². The highest BCUT2D eigenvalue weighted by Crippen LogP contribution is 2.44. The number of hydrogen-bond acceptors (Lipinski definition) is 10. The smallest absolute Gasteiger partial charge is 0.242 e. The van der Waals surface area contributed by atoms with Gasteiger partial charge in [-0.3, -0.25) is 9.59 Å². The second-order valence-electron chi connectivity index (χ2n) is 13.3. The lowest BCUT2D eigenvalue weighted by atomic mass is 9.97. The Labute approximate surface area is 304 Å². The number of nitrogens with one attached hydrogen (secondary N) is 1. The fourth-order valence-corrected chi connectivity index (χ4v) is 8.55. The Morgan fingerprint density at radius 1 is 0.962 bits per heavy atom. The molecule has 1 atom stereocenters. The number of hydrogen-bond donors (Lipinski definition) is 1. The van der Waals surface area contributed by atoms with Crippen molar-refractivity contribution in [2.75, 3.05) is 65.5 Å². The van der Waals surface area contributed by atoms with E-state index in [-0.39, 0.29) is 49.7 Å². The van der Waals surface area contributed by atoms with Crippen molar-refractivity contribution in [2.24, 2.45) is 5.92 Å². The molecule has 0 aliphatic carbocycles. The average Bonchev–Trinajstić information content (AvgIpc) is 3.66. The van der Waals surface area contributed by atoms with Crippen LogP contribution in [0.4, 0.5) is 5.82 Å². The molecular formula is C37H47N7O7S. The van der Waals surface area contributed by atoms with Crippen LogP contribution in [0.5, 0.6) is 17.2 Å². The van der Waals surface area contributed by atoms with Crippen LogP contribution >= 0.6 is 0 Å². The van der Waals surface area contributed by atoms with Crippen molar-refractivity contribution in [2.45, 2.75) is 44.5 Å². The summed E-state index contributed by atoms with van der Waals surface area (Å²) in [7, 11) is 0.884. The summed E-state index contributed by atoms with van der Waals surface area (Å²) in [5, 5.41) is 3.74. The average molecular weight is 734 g/mol. The molecule has 2 aliphatic heterocycles. The van der Waals surface area contributed by atoms with Crippen molar-refractivity contribution in [1.29, 1.82) is 0 Å². The zero-order chi connectivity index (χ0) is 36.7. The van der Waals surface area contributed by atoms with E-state index in [4.69, 9.17) is 19.2 Å². The molecule has 4 aromatic rings. The standard InChI is InChI=1S/C37H47N7O7S/c1-49-32-19-31-30(35(50-2)36(32)51-3)18-29-22-42(34(46)24-41-17-13-38-26-41)14-7-8-16-44(52(47,48)25-27-10-5-4-6-11-27)23-33(45)39-20-28-12-9-15-43(21-28)37(29)40-31/h4-6,10-11,13,17-19,26,28H,7-9,12,14-16,20-25H2,1-3H3,(H,39,45). The molecule has 0 radical (unpaired) electrons. The van der Waals surface area contributed by atoms with Gasteiger partial charge in [0.1, 0.15) is 12.4 Å². The number of nitrogens with zero attached hydrogens (tertiary/aromatic N) is 6. The molecule has 1 unspecified atom stereocenters. The zero-order valence-corrected chi connectivity index (χ0v) is 30.8. The van der Waals surface area contributed by atoms with Gasteiger partial charge < -0.3 is 33.9 Å². The molecule has 4 heterocycles. The Kier molecular flexibility index (Phi) is 11.8. The molecule has 2 bridgehead atoms. The van der Waals surface area contributed by atoms with Gasteiger partial charge in [-0.1, -0.05) is 30.3 Å². The molecule has 2 amide bonds. The van der Waals surface area contributed by atoms with E-state index in [1.54, 1.807) is 73.8 Å². The van der Waals surface area contributed by atoms with Gasteiger partial charge in [0.05, 0.1) is 45.5 Å². The molecule has 0 saturated carbocycles. The van der Waals surface area contributed by atoms with Crippen LogP contribution in [-0.4, -0.2) is 105 Å². The van der Waals surface area contributed by atoms with E-state index in [0.29, 0.717) is 60.8 Å². The number of fused-ring (bicyclic) bond motifs is 5. The molecule has 15 heteroatoms. The predicted molar refractivity (Wildman–Crippen MR) is 197 cm³/mol. The van der Waals surface area contributed by atoms with Gasteiger partial charge in [0.25, 0.3) is 0 Å². The molecule has 278 valence electrons. The van der Waals surface area contributed by atoms with Crippen molar-refractivity contribution >= 4 is 38.6 Å². The highest BCUT2D eigenvalue weighted by atomic mass is 32.2. The van der Waals surface area contributed by atoms with Crippen LogP contribution in [0.25, 0.3) is 10.9 Å². The van der Waals surface area contributed by atoms with E-state index in [9.17, 15) is 18.0 Å². The van der Waals surface area contributed by atoms with E-state index in [0.717, 1.165) is 36.2 Å². The van der Waals surface area contributed by atoms with Crippen LogP contribution in [0.15, 0.2) is 61.2 Å². The molecule has 6 rings (SSSR count). The summed E-state index contributed by atoms with van der Waals surface area (Å²) in [6, 6.07) is 12.8. The van der Waals surface area contributed by atoms with Crippen LogP contribution in [-0.2, 0) is 38.5 Å². The van der Waals surface area contributed by atoms with Crippen molar-refractivity contribution in [3.05, 3.63) is 72.3 Å². The molecule has 0 spiro atoms. The summed E-state index contributed by atoms with van der Waals surface area (Å²) >= 11 is 0. The first-order valence-electron chi connectivity index (χ1n) is 17.6. The number of piperidine rings is 1. The third-order valence-corrected chi connectivity index (χ3v) is 11.5. The quantitative estimate of drug-likeness (QED) is 0.286. The molecule has 2 aromatic heterocycles. The summed E-state index contributed by atoms with van der Waals surface area (Å²) in [6.45, 7) is 2.35. The Hall–Kier alpha value is -4.89. The molecular weight excluding hydrogens is 687 g/mol. The van der Waals surface area contributed by atoms with E-state index in [1.165, 1.54) is 4.31 Å². The van der Waals surface area contributed by atoms with Gasteiger partial charge in [-0.25, -0.2) is 18.4 Å². The second-order valence-corrected chi connectivity index (χ2v) is 15.2. The summed E-state index contributed by atoms with van der Waals surface area (Å²) in [6.07, 6.45) is 7.70. The van der Waals surface area contributed by atoms with Gasteiger partial charge in [0, 0.05) is 68.7 Å². The van der Waals surface area contributed by atoms with Gasteiger partial charge in [-0.15, -0.1) is 0 Å². The van der Waals surface area contributed by atoms with Gasteiger partial charge in [-0.05, 0) is 43.2 Å². The maximum absolute atomic E-state index is 14.0. The number of imidazole rings is 1. The fraction of sp³-hybridized carbons (Fsp3) is 0.459. The van der Waals surface area contributed by atoms with E-state index in [1.807, 2.05) is 18.2 Å². The van der Waals surface area contributed by atoms with E-state index < -0.39 is 10.0 Å². The Bertz CT molecular complexity index is 1960. The van der Waals surface area contributed by atoms with Crippen molar-refractivity contribution in [1.82, 2.24) is 29.1 Å². The minimum Gasteiger partial charge on any atom is -0.493 e. The first-order valence-corrected chi connectivity index (χ1v) is 19.2. The summed E-state index contributed by atoms with van der Waals surface area (Å²) < 4.78 is 47.5. The van der Waals surface area contributed by atoms with Crippen LogP contribution < -0.4 is 24.4 Å². The van der Waals surface area contributed by atoms with Crippen LogP contribution in [0, 0.1) is 5.92 Å². The van der Waals surface area contributed by atoms with E-state index in [2.05, 4.69) is 15.2 Å². The minimum atomic E-state index is -3.81. The van der Waals surface area contributed by atoms with E-state index >= 15 is 0 Å². The number of sulfonamides is 1. The molecule has 2 aliphatic rings. The number of anilines is 1. The number of benzene rings is 2. The van der Waals surface area contributed by atoms with Gasteiger partial charge in [-0.2, -0.15) is 4.31 Å². The monoisotopic (exact) mass is 733 g/mol. The van der Waals surface area contributed by atoms with Crippen LogP contribution in [0.3, 0.4) is 0 Å². The van der Waals surface area contributed by atoms with Crippen molar-refractivity contribution in [3.63, 3.8) is 0 Å². The Morgan fingerprint density at radius 3 is 2.48 bits per heavy atom. The molecule has 52 heavy (non-hydrogen) atoms. The number of carbonyl (C=O) groups is 2. The highest BCUT2D eigenvalue weighted by molar-refractivity contribution is 7.88. The van der Waals surface area contributed by atoms with Gasteiger partial charge in [0.15, 0.2) is 11.5 Å². The van der Waals surface area contributed by atoms with Crippen LogP contribution in [0.1, 0.15) is 36.8 Å². The molecule has 1 N–H and O–H groups in total. The van der Waals surface area contributed by atoms with Gasteiger partial charge >= 0.3 is 0 Å². The first kappa shape index (κ1) is 36.9. The second kappa shape index (κ2) is 16.6. The minimum absolute atomic E-state index is 0.0915. The number of pyridine rings is 1. The number of methoxy groups -OCH3 is 3.